The first kappa shape index (κ1) is 13.4. The molecule has 0 aliphatic rings. The van der Waals surface area contributed by atoms with Gasteiger partial charge in [0.05, 0.1) is 23.4 Å². The summed E-state index contributed by atoms with van der Waals surface area (Å²) in [5.41, 5.74) is 3.86. The Bertz CT molecular complexity index is 783. The molecule has 0 aliphatic heterocycles. The molecule has 106 valence electrons. The van der Waals surface area contributed by atoms with Crippen molar-refractivity contribution in [3.63, 3.8) is 0 Å². The molecule has 0 aliphatic carbocycles. The van der Waals surface area contributed by atoms with Gasteiger partial charge in [-0.2, -0.15) is 0 Å². The van der Waals surface area contributed by atoms with E-state index in [1.54, 1.807) is 6.07 Å². The molecule has 0 bridgehead atoms. The van der Waals surface area contributed by atoms with E-state index in [-0.39, 0.29) is 6.04 Å². The normalized spacial score (nSPS) is 12.3. The Morgan fingerprint density at radius 1 is 1.10 bits per heavy atom. The lowest BCUT2D eigenvalue weighted by Crippen LogP contribution is -2.07. The van der Waals surface area contributed by atoms with Gasteiger partial charge in [0.2, 0.25) is 0 Å². The van der Waals surface area contributed by atoms with E-state index in [9.17, 15) is 5.11 Å². The highest BCUT2D eigenvalue weighted by Crippen LogP contribution is 2.28. The predicted octanol–water partition coefficient (Wildman–Crippen LogP) is 4.42. The third kappa shape index (κ3) is 2.82. The van der Waals surface area contributed by atoms with Crippen LogP contribution in [-0.4, -0.2) is 10.1 Å². The van der Waals surface area contributed by atoms with Gasteiger partial charge in [-0.05, 0) is 37.6 Å². The van der Waals surface area contributed by atoms with Crippen LogP contribution in [0.1, 0.15) is 24.1 Å². The number of phenolic OH excluding ortho intramolecular Hbond substituents is 1. The molecule has 1 unspecified atom stereocenters. The molecule has 0 saturated heterocycles. The molecule has 0 spiro atoms. The molecule has 1 aromatic heterocycles. The van der Waals surface area contributed by atoms with Crippen LogP contribution >= 0.6 is 0 Å². The van der Waals surface area contributed by atoms with E-state index in [1.807, 2.05) is 56.4 Å². The minimum atomic E-state index is 0.00793. The molecule has 2 aromatic carbocycles. The molecule has 3 nitrogen and oxygen atoms in total. The smallest absolute Gasteiger partial charge is 0.121 e. The second-order valence-electron chi connectivity index (χ2n) is 5.34. The van der Waals surface area contributed by atoms with Gasteiger partial charge >= 0.3 is 0 Å². The summed E-state index contributed by atoms with van der Waals surface area (Å²) in [4.78, 5) is 4.44. The van der Waals surface area contributed by atoms with Crippen molar-refractivity contribution >= 4 is 16.6 Å². The van der Waals surface area contributed by atoms with Gasteiger partial charge in [-0.1, -0.05) is 30.3 Å². The van der Waals surface area contributed by atoms with Crippen molar-refractivity contribution in [1.82, 2.24) is 4.98 Å². The maximum Gasteiger partial charge on any atom is 0.121 e. The SMILES string of the molecule is Cc1ccc(C(C)Nc2cnc3ccccc3c2)c(O)c1. The molecule has 1 atom stereocenters. The Hall–Kier alpha value is -2.55. The number of pyridine rings is 1. The molecule has 21 heavy (non-hydrogen) atoms. The van der Waals surface area contributed by atoms with Crippen LogP contribution in [0.3, 0.4) is 0 Å². The van der Waals surface area contributed by atoms with E-state index in [2.05, 4.69) is 16.4 Å². The van der Waals surface area contributed by atoms with E-state index in [0.717, 1.165) is 27.7 Å². The largest absolute Gasteiger partial charge is 0.508 e. The molecule has 3 heteroatoms. The summed E-state index contributed by atoms with van der Waals surface area (Å²) in [6, 6.07) is 15.8. The van der Waals surface area contributed by atoms with E-state index >= 15 is 0 Å². The first-order chi connectivity index (χ1) is 10.1. The summed E-state index contributed by atoms with van der Waals surface area (Å²) in [5, 5.41) is 14.5. The summed E-state index contributed by atoms with van der Waals surface area (Å²) in [7, 11) is 0. The Balaban J connectivity index is 1.87. The van der Waals surface area contributed by atoms with Gasteiger partial charge in [-0.15, -0.1) is 0 Å². The van der Waals surface area contributed by atoms with Crippen LogP contribution in [0.2, 0.25) is 0 Å². The summed E-state index contributed by atoms with van der Waals surface area (Å²) in [6.07, 6.45) is 1.82. The fourth-order valence-electron chi connectivity index (χ4n) is 2.50. The van der Waals surface area contributed by atoms with Crippen molar-refractivity contribution < 1.29 is 5.11 Å². The number of fused-ring (bicyclic) bond motifs is 1. The predicted molar refractivity (Wildman–Crippen MR) is 86.6 cm³/mol. The van der Waals surface area contributed by atoms with Crippen LogP contribution in [0.5, 0.6) is 5.75 Å². The average Bonchev–Trinajstić information content (AvgIpc) is 2.47. The van der Waals surface area contributed by atoms with Crippen LogP contribution < -0.4 is 5.32 Å². The summed E-state index contributed by atoms with van der Waals surface area (Å²) in [6.45, 7) is 3.99. The van der Waals surface area contributed by atoms with Gasteiger partial charge in [-0.3, -0.25) is 4.98 Å². The Morgan fingerprint density at radius 3 is 2.71 bits per heavy atom. The third-order valence-corrected chi connectivity index (χ3v) is 3.63. The molecule has 0 saturated carbocycles. The van der Waals surface area contributed by atoms with Crippen molar-refractivity contribution in [1.29, 1.82) is 0 Å². The number of para-hydroxylation sites is 1. The molecule has 3 aromatic rings. The number of benzene rings is 2. The van der Waals surface area contributed by atoms with Crippen LogP contribution in [0.25, 0.3) is 10.9 Å². The highest BCUT2D eigenvalue weighted by atomic mass is 16.3. The third-order valence-electron chi connectivity index (χ3n) is 3.63. The number of nitrogens with one attached hydrogen (secondary N) is 1. The minimum absolute atomic E-state index is 0.00793. The first-order valence-electron chi connectivity index (χ1n) is 7.04. The second-order valence-corrected chi connectivity index (χ2v) is 5.34. The van der Waals surface area contributed by atoms with E-state index in [4.69, 9.17) is 0 Å². The molecular weight excluding hydrogens is 260 g/mol. The topological polar surface area (TPSA) is 45.2 Å². The van der Waals surface area contributed by atoms with Gasteiger partial charge in [0.1, 0.15) is 5.75 Å². The number of aryl methyl sites for hydroxylation is 1. The molecule has 2 N–H and O–H groups in total. The number of aromatic hydroxyl groups is 1. The van der Waals surface area contributed by atoms with Crippen molar-refractivity contribution in [2.45, 2.75) is 19.9 Å². The molecule has 3 rings (SSSR count). The number of aromatic nitrogens is 1. The number of hydrogen-bond donors (Lipinski definition) is 2. The van der Waals surface area contributed by atoms with Gasteiger partial charge in [0.25, 0.3) is 0 Å². The van der Waals surface area contributed by atoms with Gasteiger partial charge < -0.3 is 10.4 Å². The zero-order valence-corrected chi connectivity index (χ0v) is 12.2. The molecule has 0 amide bonds. The van der Waals surface area contributed by atoms with Crippen LogP contribution in [-0.2, 0) is 0 Å². The Kier molecular flexibility index (Phi) is 3.48. The van der Waals surface area contributed by atoms with Crippen molar-refractivity contribution in [2.75, 3.05) is 5.32 Å². The highest BCUT2D eigenvalue weighted by molar-refractivity contribution is 5.81. The fourth-order valence-corrected chi connectivity index (χ4v) is 2.50. The van der Waals surface area contributed by atoms with Crippen molar-refractivity contribution in [2.24, 2.45) is 0 Å². The number of anilines is 1. The zero-order chi connectivity index (χ0) is 14.8. The van der Waals surface area contributed by atoms with Gasteiger partial charge in [0, 0.05) is 10.9 Å². The van der Waals surface area contributed by atoms with Crippen molar-refractivity contribution in [3.05, 3.63) is 65.9 Å². The maximum atomic E-state index is 10.1. The Labute approximate surface area is 124 Å². The lowest BCUT2D eigenvalue weighted by molar-refractivity contribution is 0.465. The number of phenols is 1. The molecule has 0 radical (unpaired) electrons. The zero-order valence-electron chi connectivity index (χ0n) is 12.2. The fraction of sp³-hybridized carbons (Fsp3) is 0.167. The number of hydrogen-bond acceptors (Lipinski definition) is 3. The molecule has 1 heterocycles. The monoisotopic (exact) mass is 278 g/mol. The van der Waals surface area contributed by atoms with Crippen LogP contribution in [0.15, 0.2) is 54.7 Å². The van der Waals surface area contributed by atoms with E-state index in [0.29, 0.717) is 5.75 Å². The van der Waals surface area contributed by atoms with Gasteiger partial charge in [-0.25, -0.2) is 0 Å². The van der Waals surface area contributed by atoms with Crippen LogP contribution in [0.4, 0.5) is 5.69 Å². The lowest BCUT2D eigenvalue weighted by atomic mass is 10.0. The quantitative estimate of drug-likeness (QED) is 0.745. The standard InChI is InChI=1S/C18H18N2O/c1-12-7-8-16(18(21)9-12)13(2)20-15-10-14-5-3-4-6-17(14)19-11-15/h3-11,13,20-21H,1-2H3. The summed E-state index contributed by atoms with van der Waals surface area (Å²) >= 11 is 0. The maximum absolute atomic E-state index is 10.1. The van der Waals surface area contributed by atoms with Crippen LogP contribution in [0, 0.1) is 6.92 Å². The van der Waals surface area contributed by atoms with Crippen molar-refractivity contribution in [3.8, 4) is 5.75 Å². The minimum Gasteiger partial charge on any atom is -0.508 e. The average molecular weight is 278 g/mol. The van der Waals surface area contributed by atoms with Gasteiger partial charge in [0.15, 0.2) is 0 Å². The van der Waals surface area contributed by atoms with E-state index < -0.39 is 0 Å². The molecular formula is C18H18N2O. The summed E-state index contributed by atoms with van der Waals surface area (Å²) in [5.74, 6) is 0.323. The Morgan fingerprint density at radius 2 is 1.90 bits per heavy atom. The second kappa shape index (κ2) is 5.44. The molecule has 0 fully saturated rings. The highest BCUT2D eigenvalue weighted by Gasteiger charge is 2.10. The number of rotatable bonds is 3. The summed E-state index contributed by atoms with van der Waals surface area (Å²) < 4.78 is 0. The van der Waals surface area contributed by atoms with E-state index in [1.165, 1.54) is 0 Å². The lowest BCUT2D eigenvalue weighted by Gasteiger charge is -2.17. The first-order valence-corrected chi connectivity index (χ1v) is 7.04. The number of nitrogens with zero attached hydrogens (tertiary/aromatic N) is 1.